The van der Waals surface area contributed by atoms with Crippen molar-refractivity contribution in [2.45, 2.75) is 57.5 Å². The molecule has 1 fully saturated rings. The Balaban J connectivity index is 1.96. The van der Waals surface area contributed by atoms with Crippen molar-refractivity contribution in [3.63, 3.8) is 0 Å². The van der Waals surface area contributed by atoms with Gasteiger partial charge in [0, 0.05) is 6.54 Å². The summed E-state index contributed by atoms with van der Waals surface area (Å²) in [7, 11) is 0. The average Bonchev–Trinajstić information content (AvgIpc) is 2.48. The summed E-state index contributed by atoms with van der Waals surface area (Å²) < 4.78 is 0. The minimum atomic E-state index is -0.500. The van der Waals surface area contributed by atoms with Crippen molar-refractivity contribution in [2.75, 3.05) is 0 Å². The molecule has 2 rings (SSSR count). The zero-order valence-corrected chi connectivity index (χ0v) is 12.4. The number of primary amides is 1. The van der Waals surface area contributed by atoms with Crippen LogP contribution in [0.2, 0.25) is 0 Å². The molecule has 20 heavy (non-hydrogen) atoms. The number of carbonyl (C=O) groups is 1. The summed E-state index contributed by atoms with van der Waals surface area (Å²) in [5, 5.41) is 3.44. The minimum Gasteiger partial charge on any atom is -0.368 e. The molecule has 0 saturated heterocycles. The summed E-state index contributed by atoms with van der Waals surface area (Å²) in [6, 6.07) is 10.2. The van der Waals surface area contributed by atoms with Crippen LogP contribution in [-0.4, -0.2) is 11.4 Å². The second-order valence-corrected chi connectivity index (χ2v) is 6.02. The van der Waals surface area contributed by atoms with E-state index in [0.29, 0.717) is 6.54 Å². The molecule has 3 nitrogen and oxygen atoms in total. The topological polar surface area (TPSA) is 55.1 Å². The SMILES string of the molecule is CCCC1CCC(NCc2ccccc2)(C(N)=O)CC1. The standard InChI is InChI=1S/C17H26N2O/c1-2-6-14-9-11-17(12-10-14,16(18)20)19-13-15-7-4-3-5-8-15/h3-5,7-8,14,19H,2,6,9-13H2,1H3,(H2,18,20). The Labute approximate surface area is 121 Å². The number of nitrogens with two attached hydrogens (primary N) is 1. The Bertz CT molecular complexity index is 422. The van der Waals surface area contributed by atoms with Crippen molar-refractivity contribution in [3.05, 3.63) is 35.9 Å². The maximum Gasteiger partial charge on any atom is 0.237 e. The molecular formula is C17H26N2O. The third kappa shape index (κ3) is 3.60. The second-order valence-electron chi connectivity index (χ2n) is 6.02. The summed E-state index contributed by atoms with van der Waals surface area (Å²) in [4.78, 5) is 11.9. The van der Waals surface area contributed by atoms with E-state index in [1.54, 1.807) is 0 Å². The van der Waals surface area contributed by atoms with Gasteiger partial charge in [-0.15, -0.1) is 0 Å². The molecule has 3 heteroatoms. The lowest BCUT2D eigenvalue weighted by Crippen LogP contribution is -2.56. The summed E-state index contributed by atoms with van der Waals surface area (Å²) in [5.41, 5.74) is 6.38. The zero-order chi connectivity index (χ0) is 14.4. The van der Waals surface area contributed by atoms with Gasteiger partial charge in [-0.25, -0.2) is 0 Å². The first-order valence-corrected chi connectivity index (χ1v) is 7.75. The highest BCUT2D eigenvalue weighted by atomic mass is 16.1. The molecule has 1 aromatic rings. The summed E-state index contributed by atoms with van der Waals surface area (Å²) in [6.07, 6.45) is 6.47. The maximum atomic E-state index is 11.9. The molecule has 0 radical (unpaired) electrons. The molecule has 0 aliphatic heterocycles. The third-order valence-corrected chi connectivity index (χ3v) is 4.60. The van der Waals surface area contributed by atoms with E-state index >= 15 is 0 Å². The van der Waals surface area contributed by atoms with Gasteiger partial charge in [-0.1, -0.05) is 50.1 Å². The molecule has 1 aliphatic carbocycles. The predicted molar refractivity (Wildman–Crippen MR) is 82.1 cm³/mol. The molecular weight excluding hydrogens is 248 g/mol. The predicted octanol–water partition coefficient (Wildman–Crippen LogP) is 2.99. The Morgan fingerprint density at radius 2 is 1.95 bits per heavy atom. The van der Waals surface area contributed by atoms with Crippen LogP contribution >= 0.6 is 0 Å². The van der Waals surface area contributed by atoms with Crippen molar-refractivity contribution in [3.8, 4) is 0 Å². The first-order chi connectivity index (χ1) is 9.66. The van der Waals surface area contributed by atoms with Gasteiger partial charge < -0.3 is 5.73 Å². The summed E-state index contributed by atoms with van der Waals surface area (Å²) >= 11 is 0. The van der Waals surface area contributed by atoms with Crippen LogP contribution in [0.4, 0.5) is 0 Å². The largest absolute Gasteiger partial charge is 0.368 e. The number of benzene rings is 1. The molecule has 0 aromatic heterocycles. The van der Waals surface area contributed by atoms with Gasteiger partial charge in [-0.2, -0.15) is 0 Å². The highest BCUT2D eigenvalue weighted by Crippen LogP contribution is 2.34. The Hall–Kier alpha value is -1.35. The smallest absolute Gasteiger partial charge is 0.237 e. The number of nitrogens with one attached hydrogen (secondary N) is 1. The maximum absolute atomic E-state index is 11.9. The fourth-order valence-corrected chi connectivity index (χ4v) is 3.24. The lowest BCUT2D eigenvalue weighted by Gasteiger charge is -2.38. The van der Waals surface area contributed by atoms with Gasteiger partial charge in [0.25, 0.3) is 0 Å². The van der Waals surface area contributed by atoms with Crippen LogP contribution in [0.1, 0.15) is 51.0 Å². The number of hydrogen-bond acceptors (Lipinski definition) is 2. The van der Waals surface area contributed by atoms with E-state index in [2.05, 4.69) is 24.4 Å². The van der Waals surface area contributed by atoms with Crippen LogP contribution in [0, 0.1) is 5.92 Å². The van der Waals surface area contributed by atoms with E-state index < -0.39 is 5.54 Å². The van der Waals surface area contributed by atoms with Crippen LogP contribution in [0.25, 0.3) is 0 Å². The summed E-state index contributed by atoms with van der Waals surface area (Å²) in [6.45, 7) is 2.94. The van der Waals surface area contributed by atoms with Crippen molar-refractivity contribution >= 4 is 5.91 Å². The minimum absolute atomic E-state index is 0.191. The molecule has 0 bridgehead atoms. The normalized spacial score (nSPS) is 26.4. The van der Waals surface area contributed by atoms with Gasteiger partial charge >= 0.3 is 0 Å². The fraction of sp³-hybridized carbons (Fsp3) is 0.588. The first kappa shape index (κ1) is 15.0. The van der Waals surface area contributed by atoms with E-state index in [4.69, 9.17) is 5.73 Å². The van der Waals surface area contributed by atoms with Gasteiger partial charge in [0.2, 0.25) is 5.91 Å². The highest BCUT2D eigenvalue weighted by Gasteiger charge is 2.39. The Kier molecular flexibility index (Phi) is 5.18. The summed E-state index contributed by atoms with van der Waals surface area (Å²) in [5.74, 6) is 0.578. The Morgan fingerprint density at radius 1 is 1.30 bits per heavy atom. The monoisotopic (exact) mass is 274 g/mol. The first-order valence-electron chi connectivity index (χ1n) is 7.75. The van der Waals surface area contributed by atoms with Crippen LogP contribution in [0.15, 0.2) is 30.3 Å². The molecule has 1 amide bonds. The van der Waals surface area contributed by atoms with Crippen LogP contribution in [-0.2, 0) is 11.3 Å². The van der Waals surface area contributed by atoms with E-state index in [0.717, 1.165) is 31.6 Å². The van der Waals surface area contributed by atoms with E-state index in [9.17, 15) is 4.79 Å². The van der Waals surface area contributed by atoms with Gasteiger partial charge in [-0.3, -0.25) is 10.1 Å². The second kappa shape index (κ2) is 6.89. The van der Waals surface area contributed by atoms with E-state index in [1.165, 1.54) is 18.4 Å². The quantitative estimate of drug-likeness (QED) is 0.838. The van der Waals surface area contributed by atoms with Crippen molar-refractivity contribution in [1.82, 2.24) is 5.32 Å². The Morgan fingerprint density at radius 3 is 2.50 bits per heavy atom. The third-order valence-electron chi connectivity index (χ3n) is 4.60. The lowest BCUT2D eigenvalue weighted by atomic mass is 9.74. The van der Waals surface area contributed by atoms with Crippen LogP contribution < -0.4 is 11.1 Å². The molecule has 1 saturated carbocycles. The number of amides is 1. The van der Waals surface area contributed by atoms with Crippen molar-refractivity contribution in [1.29, 1.82) is 0 Å². The van der Waals surface area contributed by atoms with E-state index in [1.807, 2.05) is 18.2 Å². The molecule has 0 spiro atoms. The number of hydrogen-bond donors (Lipinski definition) is 2. The molecule has 0 heterocycles. The van der Waals surface area contributed by atoms with Gasteiger partial charge in [0.15, 0.2) is 0 Å². The van der Waals surface area contributed by atoms with Gasteiger partial charge in [0.1, 0.15) is 0 Å². The highest BCUT2D eigenvalue weighted by molar-refractivity contribution is 5.84. The fourth-order valence-electron chi connectivity index (χ4n) is 3.24. The average molecular weight is 274 g/mol. The molecule has 1 aliphatic rings. The lowest BCUT2D eigenvalue weighted by molar-refractivity contribution is -0.126. The molecule has 3 N–H and O–H groups in total. The molecule has 0 unspecified atom stereocenters. The number of carbonyl (C=O) groups excluding carboxylic acids is 1. The number of rotatable bonds is 6. The molecule has 0 atom stereocenters. The van der Waals surface area contributed by atoms with Gasteiger partial charge in [0.05, 0.1) is 5.54 Å². The van der Waals surface area contributed by atoms with Crippen LogP contribution in [0.3, 0.4) is 0 Å². The van der Waals surface area contributed by atoms with Crippen molar-refractivity contribution in [2.24, 2.45) is 11.7 Å². The molecule has 110 valence electrons. The van der Waals surface area contributed by atoms with Crippen LogP contribution in [0.5, 0.6) is 0 Å². The van der Waals surface area contributed by atoms with E-state index in [-0.39, 0.29) is 5.91 Å². The van der Waals surface area contributed by atoms with Crippen molar-refractivity contribution < 1.29 is 4.79 Å². The zero-order valence-electron chi connectivity index (χ0n) is 12.4. The molecule has 1 aromatic carbocycles. The van der Waals surface area contributed by atoms with Gasteiger partial charge in [-0.05, 0) is 37.2 Å².